The molecule has 1 aliphatic rings. The first kappa shape index (κ1) is 9.48. The summed E-state index contributed by atoms with van der Waals surface area (Å²) in [6.07, 6.45) is 1.08. The van der Waals surface area contributed by atoms with E-state index in [0.29, 0.717) is 12.0 Å². The van der Waals surface area contributed by atoms with E-state index in [1.165, 1.54) is 6.92 Å². The molecular weight excluding hydrogens is 158 g/mol. The first-order valence-electron chi connectivity index (χ1n) is 4.12. The maximum absolute atomic E-state index is 10.4. The molecule has 0 heterocycles. The molecule has 1 aliphatic carbocycles. The minimum Gasteiger partial charge on any atom is -0.479 e. The Morgan fingerprint density at radius 3 is 2.58 bits per heavy atom. The fourth-order valence-electron chi connectivity index (χ4n) is 1.01. The van der Waals surface area contributed by atoms with Crippen LogP contribution in [0.25, 0.3) is 0 Å². The Labute approximate surface area is 71.6 Å². The number of nitrogens with one attached hydrogen (secondary N) is 1. The van der Waals surface area contributed by atoms with Gasteiger partial charge in [-0.05, 0) is 19.3 Å². The molecule has 3 atom stereocenters. The van der Waals surface area contributed by atoms with Gasteiger partial charge in [0.05, 0.1) is 0 Å². The van der Waals surface area contributed by atoms with E-state index in [4.69, 9.17) is 5.11 Å². The molecule has 1 fully saturated rings. The minimum atomic E-state index is -1.64. The van der Waals surface area contributed by atoms with E-state index in [1.54, 1.807) is 0 Å². The average Bonchev–Trinajstić information content (AvgIpc) is 2.62. The Morgan fingerprint density at radius 2 is 2.25 bits per heavy atom. The Balaban J connectivity index is 2.25. The van der Waals surface area contributed by atoms with E-state index >= 15 is 0 Å². The smallest absolute Gasteiger partial charge is 0.336 e. The van der Waals surface area contributed by atoms with Crippen LogP contribution in [-0.4, -0.2) is 34.4 Å². The lowest BCUT2D eigenvalue weighted by Gasteiger charge is -2.18. The van der Waals surface area contributed by atoms with E-state index in [2.05, 4.69) is 12.2 Å². The zero-order chi connectivity index (χ0) is 9.35. The van der Waals surface area contributed by atoms with Crippen LogP contribution < -0.4 is 5.32 Å². The fraction of sp³-hybridized carbons (Fsp3) is 0.875. The summed E-state index contributed by atoms with van der Waals surface area (Å²) in [4.78, 5) is 10.4. The molecule has 1 rings (SSSR count). The third-order valence-electron chi connectivity index (χ3n) is 2.28. The van der Waals surface area contributed by atoms with E-state index < -0.39 is 11.6 Å². The summed E-state index contributed by atoms with van der Waals surface area (Å²) >= 11 is 0. The van der Waals surface area contributed by atoms with Gasteiger partial charge in [-0.15, -0.1) is 0 Å². The normalized spacial score (nSPS) is 32.6. The summed E-state index contributed by atoms with van der Waals surface area (Å²) in [5, 5.41) is 20.8. The standard InChI is InChI=1S/C8H15NO3/c1-5-3-6(5)9-4-8(2,12)7(10)11/h5-6,9,12H,3-4H2,1-2H3,(H,10,11). The molecule has 4 nitrogen and oxygen atoms in total. The molecule has 0 bridgehead atoms. The van der Waals surface area contributed by atoms with E-state index in [0.717, 1.165) is 6.42 Å². The highest BCUT2D eigenvalue weighted by molar-refractivity contribution is 5.76. The highest BCUT2D eigenvalue weighted by Crippen LogP contribution is 2.29. The zero-order valence-corrected chi connectivity index (χ0v) is 7.37. The Kier molecular flexibility index (Phi) is 2.39. The van der Waals surface area contributed by atoms with Gasteiger partial charge in [0.15, 0.2) is 5.60 Å². The van der Waals surface area contributed by atoms with Gasteiger partial charge in [0, 0.05) is 12.6 Å². The largest absolute Gasteiger partial charge is 0.479 e. The van der Waals surface area contributed by atoms with Crippen molar-refractivity contribution in [3.8, 4) is 0 Å². The second kappa shape index (κ2) is 3.03. The van der Waals surface area contributed by atoms with E-state index in [1.807, 2.05) is 0 Å². The maximum Gasteiger partial charge on any atom is 0.336 e. The third kappa shape index (κ3) is 2.19. The second-order valence-corrected chi connectivity index (χ2v) is 3.78. The first-order valence-corrected chi connectivity index (χ1v) is 4.12. The molecule has 0 radical (unpaired) electrons. The summed E-state index contributed by atoms with van der Waals surface area (Å²) in [5.41, 5.74) is -1.64. The van der Waals surface area contributed by atoms with Crippen LogP contribution in [0.15, 0.2) is 0 Å². The number of carboxylic acid groups (broad SMARTS) is 1. The molecule has 3 N–H and O–H groups in total. The van der Waals surface area contributed by atoms with Crippen molar-refractivity contribution in [3.63, 3.8) is 0 Å². The summed E-state index contributed by atoms with van der Waals surface area (Å²) in [6.45, 7) is 3.51. The monoisotopic (exact) mass is 173 g/mol. The SMILES string of the molecule is CC1CC1NCC(C)(O)C(=O)O. The van der Waals surface area contributed by atoms with Gasteiger partial charge in [-0.3, -0.25) is 0 Å². The highest BCUT2D eigenvalue weighted by Gasteiger charge is 2.36. The van der Waals surface area contributed by atoms with Crippen LogP contribution >= 0.6 is 0 Å². The number of rotatable bonds is 4. The van der Waals surface area contributed by atoms with Crippen molar-refractivity contribution >= 4 is 5.97 Å². The molecular formula is C8H15NO3. The number of aliphatic carboxylic acids is 1. The molecule has 0 aliphatic heterocycles. The summed E-state index contributed by atoms with van der Waals surface area (Å²) in [7, 11) is 0. The van der Waals surface area contributed by atoms with Gasteiger partial charge in [0.2, 0.25) is 0 Å². The lowest BCUT2D eigenvalue weighted by molar-refractivity contribution is -0.156. The number of carboxylic acids is 1. The number of hydrogen-bond acceptors (Lipinski definition) is 3. The van der Waals surface area contributed by atoms with E-state index in [9.17, 15) is 9.90 Å². The van der Waals surface area contributed by atoms with Gasteiger partial charge in [-0.2, -0.15) is 0 Å². The zero-order valence-electron chi connectivity index (χ0n) is 7.37. The lowest BCUT2D eigenvalue weighted by atomic mass is 10.1. The van der Waals surface area contributed by atoms with Gasteiger partial charge < -0.3 is 15.5 Å². The molecule has 0 aromatic rings. The van der Waals surface area contributed by atoms with Crippen LogP contribution in [0.3, 0.4) is 0 Å². The van der Waals surface area contributed by atoms with E-state index in [-0.39, 0.29) is 6.54 Å². The molecule has 70 valence electrons. The predicted octanol–water partition coefficient (Wildman–Crippen LogP) is -0.180. The van der Waals surface area contributed by atoms with Crippen LogP contribution in [0.2, 0.25) is 0 Å². The molecule has 4 heteroatoms. The van der Waals surface area contributed by atoms with Crippen molar-refractivity contribution in [1.29, 1.82) is 0 Å². The topological polar surface area (TPSA) is 69.6 Å². The fourth-order valence-corrected chi connectivity index (χ4v) is 1.01. The van der Waals surface area contributed by atoms with Crippen molar-refractivity contribution in [2.75, 3.05) is 6.54 Å². The van der Waals surface area contributed by atoms with Crippen molar-refractivity contribution in [1.82, 2.24) is 5.32 Å². The number of carbonyl (C=O) groups is 1. The lowest BCUT2D eigenvalue weighted by Crippen LogP contribution is -2.45. The molecule has 0 amide bonds. The van der Waals surface area contributed by atoms with Crippen LogP contribution in [0.4, 0.5) is 0 Å². The van der Waals surface area contributed by atoms with Crippen LogP contribution in [-0.2, 0) is 4.79 Å². The summed E-state index contributed by atoms with van der Waals surface area (Å²) < 4.78 is 0. The van der Waals surface area contributed by atoms with Gasteiger partial charge in [-0.1, -0.05) is 6.92 Å². The average molecular weight is 173 g/mol. The summed E-state index contributed by atoms with van der Waals surface area (Å²) in [5.74, 6) is -0.558. The maximum atomic E-state index is 10.4. The van der Waals surface area contributed by atoms with Crippen LogP contribution in [0.1, 0.15) is 20.3 Å². The molecule has 12 heavy (non-hydrogen) atoms. The Morgan fingerprint density at radius 1 is 1.75 bits per heavy atom. The quantitative estimate of drug-likeness (QED) is 0.551. The Hall–Kier alpha value is -0.610. The van der Waals surface area contributed by atoms with Crippen molar-refractivity contribution in [3.05, 3.63) is 0 Å². The first-order chi connectivity index (χ1) is 5.43. The van der Waals surface area contributed by atoms with Crippen LogP contribution in [0.5, 0.6) is 0 Å². The number of aliphatic hydroxyl groups is 1. The third-order valence-corrected chi connectivity index (χ3v) is 2.28. The highest BCUT2D eigenvalue weighted by atomic mass is 16.4. The van der Waals surface area contributed by atoms with Crippen molar-refractivity contribution < 1.29 is 15.0 Å². The Bertz CT molecular complexity index is 191. The molecule has 0 saturated heterocycles. The number of hydrogen-bond donors (Lipinski definition) is 3. The van der Waals surface area contributed by atoms with Crippen LogP contribution in [0, 0.1) is 5.92 Å². The second-order valence-electron chi connectivity index (χ2n) is 3.78. The van der Waals surface area contributed by atoms with Gasteiger partial charge in [0.1, 0.15) is 0 Å². The molecule has 0 aromatic carbocycles. The molecule has 1 saturated carbocycles. The molecule has 3 unspecified atom stereocenters. The van der Waals surface area contributed by atoms with Crippen molar-refractivity contribution in [2.24, 2.45) is 5.92 Å². The minimum absolute atomic E-state index is 0.122. The molecule has 0 spiro atoms. The molecule has 0 aromatic heterocycles. The van der Waals surface area contributed by atoms with Crippen molar-refractivity contribution in [2.45, 2.75) is 31.9 Å². The van der Waals surface area contributed by atoms with Gasteiger partial charge in [-0.25, -0.2) is 4.79 Å². The summed E-state index contributed by atoms with van der Waals surface area (Å²) in [6, 6.07) is 0.399. The van der Waals surface area contributed by atoms with Gasteiger partial charge >= 0.3 is 5.97 Å². The van der Waals surface area contributed by atoms with Gasteiger partial charge in [0.25, 0.3) is 0 Å². The predicted molar refractivity (Wildman–Crippen MR) is 43.8 cm³/mol.